The summed E-state index contributed by atoms with van der Waals surface area (Å²) in [4.78, 5) is 54.8. The highest BCUT2D eigenvalue weighted by atomic mass is 35.5. The van der Waals surface area contributed by atoms with E-state index in [1.54, 1.807) is 67.8 Å². The molecular formula is C64H87ClF2N16O6. The lowest BCUT2D eigenvalue weighted by atomic mass is 9.92. The summed E-state index contributed by atoms with van der Waals surface area (Å²) in [6, 6.07) is 11.1. The van der Waals surface area contributed by atoms with Crippen LogP contribution in [0.5, 0.6) is 23.0 Å². The van der Waals surface area contributed by atoms with Crippen molar-refractivity contribution in [1.82, 2.24) is 68.4 Å². The van der Waals surface area contributed by atoms with Crippen molar-refractivity contribution in [1.29, 1.82) is 0 Å². The third-order valence-corrected chi connectivity index (χ3v) is 16.2. The zero-order valence-corrected chi connectivity index (χ0v) is 54.3. The minimum absolute atomic E-state index is 0.0435. The molecule has 0 aromatic carbocycles. The summed E-state index contributed by atoms with van der Waals surface area (Å²) in [6.07, 6.45) is 9.87. The zero-order chi connectivity index (χ0) is 64.2. The van der Waals surface area contributed by atoms with E-state index in [0.717, 1.165) is 80.0 Å². The zero-order valence-electron chi connectivity index (χ0n) is 53.6. The van der Waals surface area contributed by atoms with E-state index < -0.39 is 0 Å². The van der Waals surface area contributed by atoms with Crippen LogP contribution in [0.15, 0.2) is 61.2 Å². The molecule has 2 atom stereocenters. The average Bonchev–Trinajstić information content (AvgIpc) is 1.75. The predicted molar refractivity (Wildman–Crippen MR) is 341 cm³/mol. The highest BCUT2D eigenvalue weighted by molar-refractivity contribution is 6.29. The number of ketones is 2. The largest absolute Gasteiger partial charge is 0.455 e. The molecule has 8 aromatic heterocycles. The van der Waals surface area contributed by atoms with Gasteiger partial charge in [0.25, 0.3) is 0 Å². The minimum atomic E-state index is -0.307. The number of nitrogens with one attached hydrogen (secondary N) is 1. The van der Waals surface area contributed by atoms with Gasteiger partial charge in [0.2, 0.25) is 11.2 Å². The summed E-state index contributed by atoms with van der Waals surface area (Å²) in [5.41, 5.74) is 13.9. The van der Waals surface area contributed by atoms with Crippen LogP contribution >= 0.6 is 11.6 Å². The Balaban J connectivity index is 0.000000192. The third-order valence-electron chi connectivity index (χ3n) is 15.9. The van der Waals surface area contributed by atoms with Crippen LogP contribution in [0.25, 0.3) is 22.3 Å². The molecule has 2 aliphatic heterocycles. The normalized spacial score (nSPS) is 15.5. The number of nitrogens with zero attached hydrogens (tertiary/aromatic N) is 14. The standard InChI is InChI=1S/C32H43FN8O3.C18H19ClN4O3.C14H25FN4/c1-21-26(44-25-7-11-34-23(16-25)15-24(42)9-14-43-6)18-35-30-29(21)39(5)31(37-30)36-28-17-27(32(2,3)4)41(38-28)20-22-8-12-40(19-22)13-10-33;1-11-15(10-21-17-16(11)23(2)18(19)22-17)26-14-4-6-20-12(9-14)8-13(24)5-7-25-3;1-14(2,3)12-8-13(16)17-19(12)10-11-4-6-18(9-11)7-5-15/h7,11,16-18,22H,8-10,12-15,19-20H2,1-6H3,(H,35,36,37,38);4,6,9-10H,5,7-8H2,1-3H3;8,11H,4-7,9-10H2,1-3H3,(H2,16,17)/t22-;;11-/m0.1/s1. The summed E-state index contributed by atoms with van der Waals surface area (Å²) in [6.45, 7) is 23.7. The van der Waals surface area contributed by atoms with E-state index in [9.17, 15) is 18.4 Å². The van der Waals surface area contributed by atoms with E-state index in [-0.39, 0.29) is 48.6 Å². The van der Waals surface area contributed by atoms with Crippen LogP contribution in [0.3, 0.4) is 0 Å². The number of carbonyl (C=O) groups is 2. The first kappa shape index (κ1) is 67.4. The quantitative estimate of drug-likeness (QED) is 0.0572. The van der Waals surface area contributed by atoms with Gasteiger partial charge in [-0.05, 0) is 75.3 Å². The molecule has 2 saturated heterocycles. The highest BCUT2D eigenvalue weighted by Crippen LogP contribution is 2.35. The van der Waals surface area contributed by atoms with Gasteiger partial charge in [0.05, 0.1) is 48.0 Å². The van der Waals surface area contributed by atoms with Gasteiger partial charge in [-0.2, -0.15) is 20.2 Å². The minimum Gasteiger partial charge on any atom is -0.455 e. The lowest BCUT2D eigenvalue weighted by Gasteiger charge is -2.22. The molecule has 0 unspecified atom stereocenters. The van der Waals surface area contributed by atoms with Gasteiger partial charge in [-0.1, -0.05) is 41.5 Å². The maximum Gasteiger partial charge on any atom is 0.210 e. The van der Waals surface area contributed by atoms with E-state index in [1.165, 1.54) is 5.69 Å². The fraction of sp³-hybridized carbons (Fsp3) is 0.531. The van der Waals surface area contributed by atoms with Crippen LogP contribution < -0.4 is 20.5 Å². The number of fused-ring (bicyclic) bond motifs is 2. The monoisotopic (exact) mass is 1250 g/mol. The Kier molecular flexibility index (Phi) is 23.0. The van der Waals surface area contributed by atoms with Crippen LogP contribution in [-0.4, -0.2) is 160 Å². The summed E-state index contributed by atoms with van der Waals surface area (Å²) in [5.74, 6) is 5.39. The van der Waals surface area contributed by atoms with Crippen molar-refractivity contribution in [3.05, 3.63) is 100 Å². The Labute approximate surface area is 524 Å². The van der Waals surface area contributed by atoms with Gasteiger partial charge < -0.3 is 48.9 Å². The van der Waals surface area contributed by atoms with Gasteiger partial charge in [-0.3, -0.25) is 28.9 Å². The Bertz CT molecular complexity index is 3680. The number of aromatic nitrogens is 12. The number of alkyl halides is 2. The first-order valence-corrected chi connectivity index (χ1v) is 30.6. The summed E-state index contributed by atoms with van der Waals surface area (Å²) in [7, 11) is 6.91. The maximum atomic E-state index is 12.9. The van der Waals surface area contributed by atoms with Crippen molar-refractivity contribution < 1.29 is 37.3 Å². The molecule has 3 N–H and O–H groups in total. The number of halogens is 3. The van der Waals surface area contributed by atoms with E-state index >= 15 is 0 Å². The Morgan fingerprint density at radius 1 is 0.674 bits per heavy atom. The topological polar surface area (TPSA) is 238 Å². The van der Waals surface area contributed by atoms with Gasteiger partial charge in [0, 0.05) is 163 Å². The number of hydrogen-bond acceptors (Lipinski definition) is 18. The molecule has 25 heteroatoms. The van der Waals surface area contributed by atoms with Gasteiger partial charge >= 0.3 is 0 Å². The van der Waals surface area contributed by atoms with Crippen molar-refractivity contribution in [3.63, 3.8) is 0 Å². The van der Waals surface area contributed by atoms with Crippen molar-refractivity contribution in [2.45, 2.75) is 118 Å². The molecule has 0 radical (unpaired) electrons. The molecular weight excluding hydrogens is 1160 g/mol. The van der Waals surface area contributed by atoms with E-state index in [0.29, 0.717) is 120 Å². The van der Waals surface area contributed by atoms with Gasteiger partial charge in [0.1, 0.15) is 42.2 Å². The number of nitrogens with two attached hydrogens (primary N) is 1. The molecule has 0 spiro atoms. The fourth-order valence-electron chi connectivity index (χ4n) is 11.2. The van der Waals surface area contributed by atoms with Crippen molar-refractivity contribution >= 4 is 63.1 Å². The number of Topliss-reactive ketones (excluding diaryl/α,β-unsaturated/α-hetero) is 2. The predicted octanol–water partition coefficient (Wildman–Crippen LogP) is 10.5. The Morgan fingerprint density at radius 3 is 1.63 bits per heavy atom. The van der Waals surface area contributed by atoms with E-state index in [4.69, 9.17) is 46.4 Å². The number of pyridine rings is 4. The van der Waals surface area contributed by atoms with Crippen LogP contribution in [0.2, 0.25) is 5.28 Å². The molecule has 2 fully saturated rings. The van der Waals surface area contributed by atoms with Crippen molar-refractivity contribution in [2.24, 2.45) is 25.9 Å². The van der Waals surface area contributed by atoms with Crippen LogP contribution in [0, 0.1) is 25.7 Å². The number of rotatable bonds is 24. The first-order chi connectivity index (χ1) is 42.4. The molecule has 22 nitrogen and oxygen atoms in total. The number of aryl methyl sites for hydroxylation is 4. The summed E-state index contributed by atoms with van der Waals surface area (Å²) in [5, 5.41) is 13.1. The molecule has 10 heterocycles. The molecule has 0 aliphatic carbocycles. The summed E-state index contributed by atoms with van der Waals surface area (Å²) < 4.78 is 55.2. The maximum absolute atomic E-state index is 12.9. The number of nitrogen functional groups attached to an aromatic ring is 1. The van der Waals surface area contributed by atoms with Crippen LogP contribution in [0.4, 0.5) is 26.4 Å². The molecule has 0 bridgehead atoms. The number of imidazole rings is 2. The summed E-state index contributed by atoms with van der Waals surface area (Å²) >= 11 is 6.06. The number of hydrogen-bond donors (Lipinski definition) is 2. The van der Waals surface area contributed by atoms with E-state index in [2.05, 4.69) is 97.4 Å². The second-order valence-electron chi connectivity index (χ2n) is 25.0. The van der Waals surface area contributed by atoms with Crippen LogP contribution in [0.1, 0.15) is 101 Å². The molecule has 0 amide bonds. The lowest BCUT2D eigenvalue weighted by Crippen LogP contribution is -2.26. The fourth-order valence-corrected chi connectivity index (χ4v) is 11.4. The van der Waals surface area contributed by atoms with Crippen molar-refractivity contribution in [3.8, 4) is 23.0 Å². The van der Waals surface area contributed by atoms with Crippen LogP contribution in [-0.2, 0) is 69.9 Å². The molecule has 10 rings (SSSR count). The Hall–Kier alpha value is -7.51. The Morgan fingerprint density at radius 2 is 1.15 bits per heavy atom. The van der Waals surface area contributed by atoms with Gasteiger partial charge in [-0.25, -0.2) is 18.7 Å². The number of carbonyl (C=O) groups excluding carboxylic acids is 2. The lowest BCUT2D eigenvalue weighted by molar-refractivity contribution is -0.120. The number of likely N-dealkylation sites (tertiary alicyclic amines) is 2. The number of anilines is 3. The molecule has 0 saturated carbocycles. The molecule has 2 aliphatic rings. The average molecular weight is 1250 g/mol. The third kappa shape index (κ3) is 17.9. The second-order valence-corrected chi connectivity index (χ2v) is 25.3. The number of ether oxygens (including phenoxy) is 4. The van der Waals surface area contributed by atoms with Gasteiger partial charge in [0.15, 0.2) is 28.6 Å². The van der Waals surface area contributed by atoms with Crippen molar-refractivity contribution in [2.75, 3.05) is 91.1 Å². The molecule has 89 heavy (non-hydrogen) atoms. The smallest absolute Gasteiger partial charge is 0.210 e. The van der Waals surface area contributed by atoms with E-state index in [1.807, 2.05) is 43.3 Å². The number of methoxy groups -OCH3 is 2. The molecule has 480 valence electrons. The SMILES string of the molecule is CC(C)(C)c1cc(N)nn1C[C@@H]1CCN(CCF)C1.COCCC(=O)Cc1cc(Oc2cnc3nc(Cl)n(C)c3c2C)ccn1.COCCC(=O)Cc1cc(Oc2cnc3nc(Nc4cc(C(C)(C)C)n(C[C@H]5CCN(CCF)C5)n4)n(C)c3c2C)ccn1. The first-order valence-electron chi connectivity index (χ1n) is 30.3. The second kappa shape index (κ2) is 30.3. The molecule has 8 aromatic rings. The van der Waals surface area contributed by atoms with Gasteiger partial charge in [-0.15, -0.1) is 0 Å². The highest BCUT2D eigenvalue weighted by Gasteiger charge is 2.29.